The van der Waals surface area contributed by atoms with Crippen LogP contribution in [0.3, 0.4) is 0 Å². The van der Waals surface area contributed by atoms with E-state index >= 15 is 0 Å². The first-order valence-electron chi connectivity index (χ1n) is 6.79. The van der Waals surface area contributed by atoms with Gasteiger partial charge < -0.3 is 5.32 Å². The zero-order valence-electron chi connectivity index (χ0n) is 12.4. The van der Waals surface area contributed by atoms with Gasteiger partial charge in [-0.2, -0.15) is 5.26 Å². The summed E-state index contributed by atoms with van der Waals surface area (Å²) in [5.41, 5.74) is 1.10. The lowest BCUT2D eigenvalue weighted by molar-refractivity contribution is 0.482. The second-order valence-electron chi connectivity index (χ2n) is 5.77. The van der Waals surface area contributed by atoms with Gasteiger partial charge in [-0.25, -0.2) is 0 Å². The Hall–Kier alpha value is -0.980. The molecule has 0 aliphatic carbocycles. The summed E-state index contributed by atoms with van der Waals surface area (Å²) < 4.78 is 0. The zero-order chi connectivity index (χ0) is 14.3. The van der Waals surface area contributed by atoms with Gasteiger partial charge in [-0.15, -0.1) is 11.8 Å². The molecule has 0 radical (unpaired) electrons. The van der Waals surface area contributed by atoms with Crippen LogP contribution >= 0.6 is 11.8 Å². The van der Waals surface area contributed by atoms with E-state index in [2.05, 4.69) is 49.5 Å². The number of benzene rings is 1. The molecule has 0 bridgehead atoms. The van der Waals surface area contributed by atoms with Gasteiger partial charge in [0, 0.05) is 17.5 Å². The molecule has 0 atom stereocenters. The Morgan fingerprint density at radius 1 is 1.26 bits per heavy atom. The Kier molecular flexibility index (Phi) is 6.41. The first kappa shape index (κ1) is 16.1. The first-order chi connectivity index (χ1) is 8.93. The maximum absolute atomic E-state index is 8.97. The Labute approximate surface area is 121 Å². The number of nitrogens with zero attached hydrogens (tertiary/aromatic N) is 1. The Balaban J connectivity index is 2.38. The molecule has 0 spiro atoms. The molecule has 1 N–H and O–H groups in total. The molecule has 3 heteroatoms. The molecule has 0 saturated carbocycles. The molecule has 104 valence electrons. The molecule has 0 amide bonds. The summed E-state index contributed by atoms with van der Waals surface area (Å²) in [6, 6.07) is 11.5. The zero-order valence-corrected chi connectivity index (χ0v) is 13.2. The summed E-state index contributed by atoms with van der Waals surface area (Å²) >= 11 is 1.82. The number of hydrogen-bond acceptors (Lipinski definition) is 3. The van der Waals surface area contributed by atoms with Gasteiger partial charge >= 0.3 is 0 Å². The maximum atomic E-state index is 8.97. The molecule has 0 aliphatic heterocycles. The number of thioether (sulfide) groups is 1. The lowest BCUT2D eigenvalue weighted by Crippen LogP contribution is -2.21. The Bertz CT molecular complexity index is 415. The van der Waals surface area contributed by atoms with Crippen molar-refractivity contribution in [3.8, 4) is 6.07 Å². The van der Waals surface area contributed by atoms with E-state index in [1.165, 1.54) is 10.5 Å². The molecule has 0 aromatic heterocycles. The number of nitriles is 1. The van der Waals surface area contributed by atoms with Crippen molar-refractivity contribution < 1.29 is 0 Å². The van der Waals surface area contributed by atoms with Gasteiger partial charge in [0.1, 0.15) is 0 Å². The fraction of sp³-hybridized carbons (Fsp3) is 0.562. The highest BCUT2D eigenvalue weighted by Crippen LogP contribution is 2.26. The van der Waals surface area contributed by atoms with Crippen LogP contribution < -0.4 is 5.32 Å². The summed E-state index contributed by atoms with van der Waals surface area (Å²) in [6.07, 6.45) is 0.921. The highest BCUT2D eigenvalue weighted by Gasteiger charge is 2.15. The molecule has 0 heterocycles. The summed E-state index contributed by atoms with van der Waals surface area (Å²) in [7, 11) is 0. The quantitative estimate of drug-likeness (QED) is 0.758. The topological polar surface area (TPSA) is 35.8 Å². The number of hydrogen-bond donors (Lipinski definition) is 1. The molecular formula is C16H24N2S. The van der Waals surface area contributed by atoms with Crippen LogP contribution in [-0.2, 0) is 6.54 Å². The van der Waals surface area contributed by atoms with Crippen molar-refractivity contribution in [2.24, 2.45) is 5.41 Å². The molecule has 19 heavy (non-hydrogen) atoms. The van der Waals surface area contributed by atoms with Crippen molar-refractivity contribution in [3.05, 3.63) is 29.8 Å². The third-order valence-electron chi connectivity index (χ3n) is 2.94. The van der Waals surface area contributed by atoms with Gasteiger partial charge in [-0.3, -0.25) is 0 Å². The van der Waals surface area contributed by atoms with Gasteiger partial charge in [0.15, 0.2) is 0 Å². The van der Waals surface area contributed by atoms with E-state index in [-0.39, 0.29) is 5.41 Å². The maximum Gasteiger partial charge on any atom is 0.0684 e. The van der Waals surface area contributed by atoms with Gasteiger partial charge in [-0.05, 0) is 43.7 Å². The van der Waals surface area contributed by atoms with Gasteiger partial charge in [0.05, 0.1) is 11.5 Å². The van der Waals surface area contributed by atoms with Crippen LogP contribution in [0.4, 0.5) is 0 Å². The monoisotopic (exact) mass is 276 g/mol. The van der Waals surface area contributed by atoms with Crippen LogP contribution in [0.2, 0.25) is 0 Å². The summed E-state index contributed by atoms with van der Waals surface area (Å²) in [5.74, 6) is 0.990. The van der Waals surface area contributed by atoms with E-state index in [1.807, 2.05) is 25.6 Å². The van der Waals surface area contributed by atoms with E-state index in [1.54, 1.807) is 0 Å². The second kappa shape index (κ2) is 7.57. The predicted octanol–water partition coefficient (Wildman–Crippen LogP) is 4.22. The van der Waals surface area contributed by atoms with Gasteiger partial charge in [0.25, 0.3) is 0 Å². The number of rotatable bonds is 7. The van der Waals surface area contributed by atoms with E-state index < -0.39 is 0 Å². The molecule has 2 nitrogen and oxygen atoms in total. The average Bonchev–Trinajstić information content (AvgIpc) is 2.37. The SMILES string of the molecule is CC(C)NCc1ccc(SCCC(C)(C)C#N)cc1. The van der Waals surface area contributed by atoms with Gasteiger partial charge in [0.2, 0.25) is 0 Å². The van der Waals surface area contributed by atoms with Crippen LogP contribution in [0.5, 0.6) is 0 Å². The largest absolute Gasteiger partial charge is 0.310 e. The van der Waals surface area contributed by atoms with Crippen molar-refractivity contribution >= 4 is 11.8 Å². The fourth-order valence-corrected chi connectivity index (χ4v) is 2.68. The molecule has 0 fully saturated rings. The molecule has 1 aromatic rings. The normalized spacial score (nSPS) is 11.6. The second-order valence-corrected chi connectivity index (χ2v) is 6.94. The third kappa shape index (κ3) is 6.66. The van der Waals surface area contributed by atoms with Gasteiger partial charge in [-0.1, -0.05) is 26.0 Å². The summed E-state index contributed by atoms with van der Waals surface area (Å²) in [6.45, 7) is 9.22. The summed E-state index contributed by atoms with van der Waals surface area (Å²) in [4.78, 5) is 1.28. The number of nitrogens with one attached hydrogen (secondary N) is 1. The van der Waals surface area contributed by atoms with E-state index in [0.29, 0.717) is 6.04 Å². The van der Waals surface area contributed by atoms with Crippen LogP contribution in [0, 0.1) is 16.7 Å². The predicted molar refractivity (Wildman–Crippen MR) is 83.2 cm³/mol. The van der Waals surface area contributed by atoms with Crippen molar-refractivity contribution in [2.45, 2.75) is 51.6 Å². The molecule has 1 rings (SSSR count). The molecule has 1 aromatic carbocycles. The Morgan fingerprint density at radius 2 is 1.89 bits per heavy atom. The molecule has 0 aliphatic rings. The highest BCUT2D eigenvalue weighted by molar-refractivity contribution is 7.99. The lowest BCUT2D eigenvalue weighted by atomic mass is 9.93. The van der Waals surface area contributed by atoms with Crippen LogP contribution in [0.25, 0.3) is 0 Å². The molecule has 0 unspecified atom stereocenters. The minimum absolute atomic E-state index is 0.214. The highest BCUT2D eigenvalue weighted by atomic mass is 32.2. The van der Waals surface area contributed by atoms with Crippen LogP contribution in [0.1, 0.15) is 39.7 Å². The molecule has 0 saturated heterocycles. The Morgan fingerprint density at radius 3 is 2.42 bits per heavy atom. The minimum Gasteiger partial charge on any atom is -0.310 e. The van der Waals surface area contributed by atoms with E-state index in [4.69, 9.17) is 5.26 Å². The third-order valence-corrected chi connectivity index (χ3v) is 3.95. The first-order valence-corrected chi connectivity index (χ1v) is 7.78. The van der Waals surface area contributed by atoms with Crippen LogP contribution in [-0.4, -0.2) is 11.8 Å². The molecular weight excluding hydrogens is 252 g/mol. The van der Waals surface area contributed by atoms with E-state index in [0.717, 1.165) is 18.7 Å². The van der Waals surface area contributed by atoms with Crippen molar-refractivity contribution in [1.29, 1.82) is 5.26 Å². The minimum atomic E-state index is -0.214. The standard InChI is InChI=1S/C16H24N2S/c1-13(2)18-11-14-5-7-15(8-6-14)19-10-9-16(3,4)12-17/h5-8,13,18H,9-11H2,1-4H3. The fourth-order valence-electron chi connectivity index (χ4n) is 1.51. The summed E-state index contributed by atoms with van der Waals surface area (Å²) in [5, 5.41) is 12.4. The average molecular weight is 276 g/mol. The smallest absolute Gasteiger partial charge is 0.0684 e. The van der Waals surface area contributed by atoms with Crippen LogP contribution in [0.15, 0.2) is 29.2 Å². The van der Waals surface area contributed by atoms with Crippen molar-refractivity contribution in [1.82, 2.24) is 5.32 Å². The van der Waals surface area contributed by atoms with E-state index in [9.17, 15) is 0 Å². The lowest BCUT2D eigenvalue weighted by Gasteiger charge is -2.14. The van der Waals surface area contributed by atoms with Crippen molar-refractivity contribution in [2.75, 3.05) is 5.75 Å². The van der Waals surface area contributed by atoms with Crippen molar-refractivity contribution in [3.63, 3.8) is 0 Å².